The quantitative estimate of drug-likeness (QED) is 0.715. The molecule has 0 aromatic carbocycles. The molecule has 110 valence electrons. The van der Waals surface area contributed by atoms with E-state index < -0.39 is 6.04 Å². The molecular weight excluding hydrogens is 248 g/mol. The largest absolute Gasteiger partial charge is 0.468 e. The van der Waals surface area contributed by atoms with Gasteiger partial charge in [0, 0.05) is 12.6 Å². The van der Waals surface area contributed by atoms with E-state index >= 15 is 0 Å². The molecule has 1 aliphatic heterocycles. The van der Waals surface area contributed by atoms with Crippen LogP contribution in [-0.4, -0.2) is 62.3 Å². The Hall–Kier alpha value is -1.14. The molecule has 19 heavy (non-hydrogen) atoms. The van der Waals surface area contributed by atoms with E-state index in [-0.39, 0.29) is 31.1 Å². The number of esters is 1. The summed E-state index contributed by atoms with van der Waals surface area (Å²) in [5.41, 5.74) is 0. The minimum Gasteiger partial charge on any atom is -0.468 e. The van der Waals surface area contributed by atoms with Crippen molar-refractivity contribution in [1.82, 2.24) is 10.2 Å². The second kappa shape index (κ2) is 7.45. The normalized spacial score (nSPS) is 22.1. The van der Waals surface area contributed by atoms with E-state index in [2.05, 4.69) is 19.2 Å². The Bertz CT molecular complexity index is 320. The van der Waals surface area contributed by atoms with Crippen molar-refractivity contribution in [3.63, 3.8) is 0 Å². The topological polar surface area (TPSA) is 67.9 Å². The lowest BCUT2D eigenvalue weighted by atomic mass is 10.1. The van der Waals surface area contributed by atoms with Gasteiger partial charge in [-0.15, -0.1) is 0 Å². The summed E-state index contributed by atoms with van der Waals surface area (Å²) in [6.07, 6.45) is 0. The maximum Gasteiger partial charge on any atom is 0.325 e. The number of morpholine rings is 1. The molecule has 1 heterocycles. The summed E-state index contributed by atoms with van der Waals surface area (Å²) < 4.78 is 9.99. The van der Waals surface area contributed by atoms with Crippen molar-refractivity contribution < 1.29 is 19.1 Å². The van der Waals surface area contributed by atoms with Gasteiger partial charge in [-0.05, 0) is 12.8 Å². The lowest BCUT2D eigenvalue weighted by Crippen LogP contribution is -2.54. The van der Waals surface area contributed by atoms with Crippen molar-refractivity contribution >= 4 is 11.9 Å². The molecule has 1 amide bonds. The first-order valence-electron chi connectivity index (χ1n) is 6.64. The molecule has 2 unspecified atom stereocenters. The van der Waals surface area contributed by atoms with Gasteiger partial charge < -0.3 is 14.8 Å². The average Bonchev–Trinajstić information content (AvgIpc) is 2.38. The van der Waals surface area contributed by atoms with Gasteiger partial charge in [-0.1, -0.05) is 13.8 Å². The molecule has 0 saturated carbocycles. The number of hydrogen-bond acceptors (Lipinski definition) is 5. The van der Waals surface area contributed by atoms with Gasteiger partial charge in [0.2, 0.25) is 5.91 Å². The van der Waals surface area contributed by atoms with Crippen LogP contribution in [0, 0.1) is 5.92 Å². The summed E-state index contributed by atoms with van der Waals surface area (Å²) in [5, 5.41) is 2.93. The van der Waals surface area contributed by atoms with E-state index in [1.165, 1.54) is 7.11 Å². The molecule has 6 nitrogen and oxygen atoms in total. The third kappa shape index (κ3) is 4.80. The molecule has 1 saturated heterocycles. The van der Waals surface area contributed by atoms with E-state index in [0.717, 1.165) is 0 Å². The fourth-order valence-electron chi connectivity index (χ4n) is 1.83. The van der Waals surface area contributed by atoms with E-state index in [1.54, 1.807) is 4.90 Å². The summed E-state index contributed by atoms with van der Waals surface area (Å²) in [7, 11) is 1.34. The number of carbonyl (C=O) groups excluding carboxylic acids is 2. The van der Waals surface area contributed by atoms with Crippen LogP contribution >= 0.6 is 0 Å². The zero-order valence-corrected chi connectivity index (χ0v) is 12.1. The molecule has 0 aliphatic carbocycles. The maximum absolute atomic E-state index is 11.9. The van der Waals surface area contributed by atoms with Crippen molar-refractivity contribution in [3.8, 4) is 0 Å². The first-order valence-corrected chi connectivity index (χ1v) is 6.64. The highest BCUT2D eigenvalue weighted by atomic mass is 16.5. The molecule has 0 aromatic heterocycles. The molecule has 1 rings (SSSR count). The third-order valence-electron chi connectivity index (χ3n) is 3.45. The first-order chi connectivity index (χ1) is 8.95. The van der Waals surface area contributed by atoms with Crippen molar-refractivity contribution in [1.29, 1.82) is 0 Å². The Morgan fingerprint density at radius 1 is 1.42 bits per heavy atom. The lowest BCUT2D eigenvalue weighted by Gasteiger charge is -2.33. The van der Waals surface area contributed by atoms with Crippen molar-refractivity contribution in [2.45, 2.75) is 32.9 Å². The number of rotatable bonds is 5. The predicted octanol–water partition coefficient (Wildman–Crippen LogP) is 0.0209. The summed E-state index contributed by atoms with van der Waals surface area (Å²) in [4.78, 5) is 25.4. The molecule has 1 N–H and O–H groups in total. The molecule has 0 bridgehead atoms. The van der Waals surface area contributed by atoms with Gasteiger partial charge in [0.25, 0.3) is 0 Å². The SMILES string of the molecule is COC(=O)C1COCCN1CC(=O)NC(C)C(C)C. The van der Waals surface area contributed by atoms with Gasteiger partial charge in [0.15, 0.2) is 0 Å². The highest BCUT2D eigenvalue weighted by molar-refractivity contribution is 5.80. The summed E-state index contributed by atoms with van der Waals surface area (Å²) >= 11 is 0. The Labute approximate surface area is 114 Å². The van der Waals surface area contributed by atoms with Crippen LogP contribution in [0.15, 0.2) is 0 Å². The number of carbonyl (C=O) groups is 2. The fraction of sp³-hybridized carbons (Fsp3) is 0.846. The van der Waals surface area contributed by atoms with Gasteiger partial charge in [0.05, 0.1) is 26.9 Å². The van der Waals surface area contributed by atoms with Crippen LogP contribution in [0.25, 0.3) is 0 Å². The smallest absolute Gasteiger partial charge is 0.325 e. The van der Waals surface area contributed by atoms with Gasteiger partial charge in [0.1, 0.15) is 6.04 Å². The van der Waals surface area contributed by atoms with Gasteiger partial charge in [-0.3, -0.25) is 14.5 Å². The third-order valence-corrected chi connectivity index (χ3v) is 3.45. The Balaban J connectivity index is 2.52. The van der Waals surface area contributed by atoms with Gasteiger partial charge in [-0.25, -0.2) is 0 Å². The minimum atomic E-state index is -0.487. The molecule has 1 aliphatic rings. The number of nitrogens with zero attached hydrogens (tertiary/aromatic N) is 1. The molecular formula is C13H24N2O4. The van der Waals surface area contributed by atoms with Crippen LogP contribution in [-0.2, 0) is 19.1 Å². The van der Waals surface area contributed by atoms with Crippen LogP contribution in [0.5, 0.6) is 0 Å². The Morgan fingerprint density at radius 2 is 2.11 bits per heavy atom. The van der Waals surface area contributed by atoms with E-state index in [1.807, 2.05) is 6.92 Å². The zero-order chi connectivity index (χ0) is 14.4. The number of methoxy groups -OCH3 is 1. The van der Waals surface area contributed by atoms with E-state index in [4.69, 9.17) is 9.47 Å². The summed E-state index contributed by atoms with van der Waals surface area (Å²) in [6.45, 7) is 7.64. The molecule has 0 radical (unpaired) electrons. The van der Waals surface area contributed by atoms with Gasteiger partial charge in [-0.2, -0.15) is 0 Å². The number of nitrogens with one attached hydrogen (secondary N) is 1. The summed E-state index contributed by atoms with van der Waals surface area (Å²) in [5.74, 6) is -0.0496. The number of ether oxygens (including phenoxy) is 2. The number of amides is 1. The van der Waals surface area contributed by atoms with Crippen molar-refractivity contribution in [2.75, 3.05) is 33.4 Å². The van der Waals surface area contributed by atoms with Crippen molar-refractivity contribution in [3.05, 3.63) is 0 Å². The standard InChI is InChI=1S/C13H24N2O4/c1-9(2)10(3)14-12(16)7-15-5-6-19-8-11(15)13(17)18-4/h9-11H,5-8H2,1-4H3,(H,14,16). The molecule has 0 aromatic rings. The average molecular weight is 272 g/mol. The zero-order valence-electron chi connectivity index (χ0n) is 12.1. The van der Waals surface area contributed by atoms with Crippen LogP contribution in [0.3, 0.4) is 0 Å². The first kappa shape index (κ1) is 15.9. The molecule has 0 spiro atoms. The fourth-order valence-corrected chi connectivity index (χ4v) is 1.83. The van der Waals surface area contributed by atoms with Gasteiger partial charge >= 0.3 is 5.97 Å². The molecule has 1 fully saturated rings. The highest BCUT2D eigenvalue weighted by Gasteiger charge is 2.31. The maximum atomic E-state index is 11.9. The van der Waals surface area contributed by atoms with E-state index in [9.17, 15) is 9.59 Å². The summed E-state index contributed by atoms with van der Waals surface area (Å²) in [6, 6.07) is -0.371. The van der Waals surface area contributed by atoms with Crippen LogP contribution < -0.4 is 5.32 Å². The number of hydrogen-bond donors (Lipinski definition) is 1. The molecule has 6 heteroatoms. The Kier molecular flexibility index (Phi) is 6.24. The van der Waals surface area contributed by atoms with Crippen LogP contribution in [0.1, 0.15) is 20.8 Å². The van der Waals surface area contributed by atoms with Crippen molar-refractivity contribution in [2.24, 2.45) is 5.92 Å². The van der Waals surface area contributed by atoms with E-state index in [0.29, 0.717) is 19.1 Å². The second-order valence-electron chi connectivity index (χ2n) is 5.18. The predicted molar refractivity (Wildman–Crippen MR) is 70.6 cm³/mol. The second-order valence-corrected chi connectivity index (χ2v) is 5.18. The van der Waals surface area contributed by atoms with Crippen LogP contribution in [0.4, 0.5) is 0 Å². The minimum absolute atomic E-state index is 0.0722. The highest BCUT2D eigenvalue weighted by Crippen LogP contribution is 2.08. The monoisotopic (exact) mass is 272 g/mol. The molecule has 2 atom stereocenters. The van der Waals surface area contributed by atoms with Crippen LogP contribution in [0.2, 0.25) is 0 Å². The lowest BCUT2D eigenvalue weighted by molar-refractivity contribution is -0.154. The Morgan fingerprint density at radius 3 is 2.68 bits per heavy atom.